The molecule has 1 unspecified atom stereocenters. The molecule has 0 amide bonds. The summed E-state index contributed by atoms with van der Waals surface area (Å²) >= 11 is 0. The van der Waals surface area contributed by atoms with Crippen LogP contribution in [0.1, 0.15) is 36.8 Å². The molecule has 8 nitrogen and oxygen atoms in total. The summed E-state index contributed by atoms with van der Waals surface area (Å²) in [6.45, 7) is 5.28. The van der Waals surface area contributed by atoms with Gasteiger partial charge in [-0.25, -0.2) is 4.98 Å². The van der Waals surface area contributed by atoms with Crippen molar-refractivity contribution in [2.24, 2.45) is 10.9 Å². The maximum absolute atomic E-state index is 5.49. The number of nitrogens with one attached hydrogen (secondary N) is 2. The lowest BCUT2D eigenvalue weighted by Crippen LogP contribution is -2.46. The summed E-state index contributed by atoms with van der Waals surface area (Å²) in [5, 5.41) is 10.5. The van der Waals surface area contributed by atoms with E-state index >= 15 is 0 Å². The lowest BCUT2D eigenvalue weighted by molar-refractivity contribution is 0.187. The molecule has 0 radical (unpaired) electrons. The number of ether oxygens (including phenoxy) is 1. The second-order valence-corrected chi connectivity index (χ2v) is 7.28. The van der Waals surface area contributed by atoms with E-state index in [-0.39, 0.29) is 0 Å². The first-order valence-electron chi connectivity index (χ1n) is 9.87. The number of likely N-dealkylation sites (tertiary alicyclic amines) is 1. The van der Waals surface area contributed by atoms with Gasteiger partial charge in [-0.2, -0.15) is 5.10 Å². The Morgan fingerprint density at radius 1 is 1.33 bits per heavy atom. The lowest BCUT2D eigenvalue weighted by atomic mass is 9.96. The van der Waals surface area contributed by atoms with E-state index in [1.807, 2.05) is 12.1 Å². The summed E-state index contributed by atoms with van der Waals surface area (Å²) < 4.78 is 10.9. The van der Waals surface area contributed by atoms with E-state index in [2.05, 4.69) is 25.4 Å². The van der Waals surface area contributed by atoms with Crippen molar-refractivity contribution in [2.45, 2.75) is 31.6 Å². The Hall–Kier alpha value is -2.35. The molecular formula is C19H28N6O2. The van der Waals surface area contributed by atoms with Gasteiger partial charge in [0.2, 0.25) is 0 Å². The van der Waals surface area contributed by atoms with Crippen LogP contribution in [0.5, 0.6) is 0 Å². The smallest absolute Gasteiger partial charge is 0.193 e. The molecule has 2 saturated heterocycles. The molecule has 27 heavy (non-hydrogen) atoms. The van der Waals surface area contributed by atoms with E-state index in [0.29, 0.717) is 11.8 Å². The molecule has 2 aliphatic rings. The molecule has 2 aromatic rings. The molecule has 0 spiro atoms. The average molecular weight is 372 g/mol. The Bertz CT molecular complexity index is 686. The van der Waals surface area contributed by atoms with Crippen LogP contribution in [0.4, 0.5) is 0 Å². The summed E-state index contributed by atoms with van der Waals surface area (Å²) in [5.74, 6) is 4.00. The zero-order chi connectivity index (χ0) is 18.3. The van der Waals surface area contributed by atoms with Crippen molar-refractivity contribution in [3.8, 4) is 0 Å². The first kappa shape index (κ1) is 18.0. The molecule has 2 aromatic heterocycles. The van der Waals surface area contributed by atoms with Crippen molar-refractivity contribution in [2.75, 3.05) is 39.4 Å². The molecule has 4 rings (SSSR count). The maximum Gasteiger partial charge on any atom is 0.193 e. The average Bonchev–Trinajstić information content (AvgIpc) is 3.48. The van der Waals surface area contributed by atoms with Crippen LogP contribution in [-0.2, 0) is 11.2 Å². The fraction of sp³-hybridized carbons (Fsp3) is 0.632. The van der Waals surface area contributed by atoms with Crippen molar-refractivity contribution in [1.82, 2.24) is 25.4 Å². The molecule has 146 valence electrons. The highest BCUT2D eigenvalue weighted by Gasteiger charge is 2.25. The van der Waals surface area contributed by atoms with Gasteiger partial charge < -0.3 is 19.4 Å². The van der Waals surface area contributed by atoms with Gasteiger partial charge in [-0.1, -0.05) is 0 Å². The van der Waals surface area contributed by atoms with Crippen molar-refractivity contribution < 1.29 is 9.15 Å². The third-order valence-corrected chi connectivity index (χ3v) is 5.37. The van der Waals surface area contributed by atoms with Gasteiger partial charge in [0.15, 0.2) is 5.96 Å². The van der Waals surface area contributed by atoms with Gasteiger partial charge in [0.1, 0.15) is 17.9 Å². The first-order valence-corrected chi connectivity index (χ1v) is 9.87. The van der Waals surface area contributed by atoms with Crippen molar-refractivity contribution in [1.29, 1.82) is 0 Å². The molecule has 0 saturated carbocycles. The number of hydrogen-bond acceptors (Lipinski definition) is 5. The van der Waals surface area contributed by atoms with Gasteiger partial charge >= 0.3 is 0 Å². The molecule has 2 N–H and O–H groups in total. The zero-order valence-corrected chi connectivity index (χ0v) is 15.6. The predicted molar refractivity (Wildman–Crippen MR) is 102 cm³/mol. The second kappa shape index (κ2) is 9.03. The van der Waals surface area contributed by atoms with Crippen LogP contribution in [-0.4, -0.2) is 65.4 Å². The Balaban J connectivity index is 1.34. The number of aromatic nitrogens is 3. The third kappa shape index (κ3) is 4.88. The number of H-pyrrole nitrogens is 1. The van der Waals surface area contributed by atoms with Crippen LogP contribution in [0.2, 0.25) is 0 Å². The van der Waals surface area contributed by atoms with Crippen molar-refractivity contribution >= 4 is 5.96 Å². The number of aromatic amines is 1. The van der Waals surface area contributed by atoms with Gasteiger partial charge in [-0.05, 0) is 31.4 Å². The highest BCUT2D eigenvalue weighted by atomic mass is 16.5. The van der Waals surface area contributed by atoms with Crippen LogP contribution < -0.4 is 5.32 Å². The zero-order valence-electron chi connectivity index (χ0n) is 15.6. The molecular weight excluding hydrogens is 344 g/mol. The maximum atomic E-state index is 5.49. The van der Waals surface area contributed by atoms with E-state index < -0.39 is 0 Å². The molecule has 8 heteroatoms. The Kier molecular flexibility index (Phi) is 6.03. The SMILES string of the molecule is c1coc(CCNC(=NCC2CCOC2)N2CCC(c3ncn[nH]3)CC2)c1. The number of furan rings is 1. The predicted octanol–water partition coefficient (Wildman–Crippen LogP) is 1.80. The topological polar surface area (TPSA) is 91.6 Å². The van der Waals surface area contributed by atoms with Crippen LogP contribution in [0.25, 0.3) is 0 Å². The highest BCUT2D eigenvalue weighted by molar-refractivity contribution is 5.80. The van der Waals surface area contributed by atoms with E-state index in [1.54, 1.807) is 12.6 Å². The minimum Gasteiger partial charge on any atom is -0.469 e. The number of hydrogen-bond donors (Lipinski definition) is 2. The van der Waals surface area contributed by atoms with Gasteiger partial charge in [0, 0.05) is 51.0 Å². The fourth-order valence-electron chi connectivity index (χ4n) is 3.74. The first-order chi connectivity index (χ1) is 13.4. The summed E-state index contributed by atoms with van der Waals surface area (Å²) in [6.07, 6.45) is 7.39. The van der Waals surface area contributed by atoms with Gasteiger partial charge in [-0.3, -0.25) is 10.1 Å². The standard InChI is InChI=1S/C19H28N6O2/c1-2-17(27-10-1)3-7-20-19(21-12-15-6-11-26-13-15)25-8-4-16(5-9-25)18-22-14-23-24-18/h1-2,10,14-16H,3-9,11-13H2,(H,20,21)(H,22,23,24). The lowest BCUT2D eigenvalue weighted by Gasteiger charge is -2.33. The van der Waals surface area contributed by atoms with Crippen molar-refractivity contribution in [3.05, 3.63) is 36.3 Å². The molecule has 0 aromatic carbocycles. The van der Waals surface area contributed by atoms with Crippen LogP contribution in [0.3, 0.4) is 0 Å². The van der Waals surface area contributed by atoms with Crippen LogP contribution >= 0.6 is 0 Å². The summed E-state index contributed by atoms with van der Waals surface area (Å²) in [4.78, 5) is 11.6. The molecule has 2 aliphatic heterocycles. The van der Waals surface area contributed by atoms with E-state index in [9.17, 15) is 0 Å². The summed E-state index contributed by atoms with van der Waals surface area (Å²) in [7, 11) is 0. The Morgan fingerprint density at radius 2 is 2.26 bits per heavy atom. The van der Waals surface area contributed by atoms with E-state index in [4.69, 9.17) is 14.1 Å². The third-order valence-electron chi connectivity index (χ3n) is 5.37. The molecule has 0 aliphatic carbocycles. The van der Waals surface area contributed by atoms with E-state index in [1.165, 1.54) is 0 Å². The number of nitrogens with zero attached hydrogens (tertiary/aromatic N) is 4. The monoisotopic (exact) mass is 372 g/mol. The number of rotatable bonds is 6. The number of piperidine rings is 1. The minimum absolute atomic E-state index is 0.455. The Labute approximate surface area is 159 Å². The second-order valence-electron chi connectivity index (χ2n) is 7.28. The summed E-state index contributed by atoms with van der Waals surface area (Å²) in [6, 6.07) is 3.94. The largest absolute Gasteiger partial charge is 0.469 e. The van der Waals surface area contributed by atoms with E-state index in [0.717, 1.165) is 82.6 Å². The normalized spacial score (nSPS) is 21.7. The van der Waals surface area contributed by atoms with Crippen molar-refractivity contribution in [3.63, 3.8) is 0 Å². The molecule has 4 heterocycles. The number of guanidine groups is 1. The van der Waals surface area contributed by atoms with Crippen LogP contribution in [0.15, 0.2) is 34.1 Å². The summed E-state index contributed by atoms with van der Waals surface area (Å²) in [5.41, 5.74) is 0. The fourth-order valence-corrected chi connectivity index (χ4v) is 3.74. The van der Waals surface area contributed by atoms with Gasteiger partial charge in [-0.15, -0.1) is 0 Å². The Morgan fingerprint density at radius 3 is 2.96 bits per heavy atom. The number of aliphatic imine (C=N–C) groups is 1. The van der Waals surface area contributed by atoms with Crippen LogP contribution in [0, 0.1) is 5.92 Å². The van der Waals surface area contributed by atoms with Gasteiger partial charge in [0.05, 0.1) is 12.9 Å². The molecule has 2 fully saturated rings. The van der Waals surface area contributed by atoms with Gasteiger partial charge in [0.25, 0.3) is 0 Å². The highest BCUT2D eigenvalue weighted by Crippen LogP contribution is 2.25. The quantitative estimate of drug-likeness (QED) is 0.593. The molecule has 1 atom stereocenters. The minimum atomic E-state index is 0.455. The molecule has 0 bridgehead atoms.